The molecule has 0 saturated carbocycles. The highest BCUT2D eigenvalue weighted by atomic mass is 35.5. The Morgan fingerprint density at radius 3 is 2.65 bits per heavy atom. The minimum absolute atomic E-state index is 0.0992. The number of anilines is 1. The number of carbonyl (C=O) groups is 1. The lowest BCUT2D eigenvalue weighted by Gasteiger charge is -2.07. The van der Waals surface area contributed by atoms with Gasteiger partial charge in [-0.15, -0.1) is 11.8 Å². The fourth-order valence-electron chi connectivity index (χ4n) is 2.60. The summed E-state index contributed by atoms with van der Waals surface area (Å²) in [6.45, 7) is 2.05. The van der Waals surface area contributed by atoms with Crippen LogP contribution >= 0.6 is 23.4 Å². The molecular formula is C20H18ClNO3S. The molecule has 134 valence electrons. The van der Waals surface area contributed by atoms with E-state index in [2.05, 4.69) is 12.2 Å². The third-order valence-electron chi connectivity index (χ3n) is 3.92. The molecule has 0 saturated heterocycles. The van der Waals surface area contributed by atoms with E-state index in [9.17, 15) is 9.59 Å². The molecule has 0 atom stereocenters. The normalized spacial score (nSPS) is 10.8. The molecule has 1 aromatic heterocycles. The third-order valence-corrected chi connectivity index (χ3v) is 5.15. The fourth-order valence-corrected chi connectivity index (χ4v) is 3.54. The number of rotatable bonds is 6. The topological polar surface area (TPSA) is 59.3 Å². The summed E-state index contributed by atoms with van der Waals surface area (Å²) in [5.41, 5.74) is 2.93. The molecule has 1 N–H and O–H groups in total. The molecular weight excluding hydrogens is 370 g/mol. The molecule has 0 aliphatic heterocycles. The number of aryl methyl sites for hydroxylation is 1. The molecule has 0 aliphatic rings. The molecule has 1 heterocycles. The summed E-state index contributed by atoms with van der Waals surface area (Å²) in [6, 6.07) is 14.4. The van der Waals surface area contributed by atoms with Crippen LogP contribution in [0.15, 0.2) is 57.7 Å². The first-order valence-corrected chi connectivity index (χ1v) is 9.77. The Morgan fingerprint density at radius 1 is 1.15 bits per heavy atom. The summed E-state index contributed by atoms with van der Waals surface area (Å²) in [6.07, 6.45) is 0.878. The SMILES string of the molecule is CCc1ccc2c(CSCC(=O)Nc3ccc(Cl)cc3)cc(=O)oc2c1. The van der Waals surface area contributed by atoms with Crippen LogP contribution in [0.5, 0.6) is 0 Å². The van der Waals surface area contributed by atoms with Gasteiger partial charge in [0, 0.05) is 27.9 Å². The molecule has 0 spiro atoms. The van der Waals surface area contributed by atoms with Crippen molar-refractivity contribution in [3.63, 3.8) is 0 Å². The molecule has 0 bridgehead atoms. The maximum Gasteiger partial charge on any atom is 0.336 e. The molecule has 0 radical (unpaired) electrons. The molecule has 6 heteroatoms. The predicted octanol–water partition coefficient (Wildman–Crippen LogP) is 4.88. The number of fused-ring (bicyclic) bond motifs is 1. The Kier molecular flexibility index (Phi) is 6.01. The molecule has 26 heavy (non-hydrogen) atoms. The number of benzene rings is 2. The van der Waals surface area contributed by atoms with Gasteiger partial charge in [0.15, 0.2) is 0 Å². The van der Waals surface area contributed by atoms with Gasteiger partial charge in [0.05, 0.1) is 5.75 Å². The number of halogens is 1. The molecule has 4 nitrogen and oxygen atoms in total. The Hall–Kier alpha value is -2.24. The van der Waals surface area contributed by atoms with Crippen LogP contribution in [0.4, 0.5) is 5.69 Å². The van der Waals surface area contributed by atoms with Crippen LogP contribution in [0, 0.1) is 0 Å². The van der Waals surface area contributed by atoms with Gasteiger partial charge in [-0.25, -0.2) is 4.79 Å². The number of hydrogen-bond acceptors (Lipinski definition) is 4. The van der Waals surface area contributed by atoms with Crippen molar-refractivity contribution in [2.24, 2.45) is 0 Å². The van der Waals surface area contributed by atoms with Crippen molar-refractivity contribution in [3.8, 4) is 0 Å². The Labute approximate surface area is 160 Å². The molecule has 0 aliphatic carbocycles. The van der Waals surface area contributed by atoms with Crippen molar-refractivity contribution in [1.82, 2.24) is 0 Å². The largest absolute Gasteiger partial charge is 0.423 e. The lowest BCUT2D eigenvalue weighted by molar-refractivity contribution is -0.113. The van der Waals surface area contributed by atoms with E-state index in [0.29, 0.717) is 22.0 Å². The van der Waals surface area contributed by atoms with Crippen LogP contribution in [0.3, 0.4) is 0 Å². The minimum atomic E-state index is -0.369. The van der Waals surface area contributed by atoms with Crippen LogP contribution in [0.1, 0.15) is 18.1 Å². The van der Waals surface area contributed by atoms with Gasteiger partial charge in [-0.3, -0.25) is 4.79 Å². The van der Waals surface area contributed by atoms with Crippen LogP contribution in [-0.4, -0.2) is 11.7 Å². The standard InChI is InChI=1S/C20H18ClNO3S/c1-2-13-3-8-17-14(10-20(24)25-18(17)9-13)11-26-12-19(23)22-16-6-4-15(21)5-7-16/h3-10H,2,11-12H2,1H3,(H,22,23). The van der Waals surface area contributed by atoms with E-state index in [1.54, 1.807) is 24.3 Å². The van der Waals surface area contributed by atoms with Crippen molar-refractivity contribution in [1.29, 1.82) is 0 Å². The second-order valence-electron chi connectivity index (χ2n) is 5.82. The number of amides is 1. The van der Waals surface area contributed by atoms with Gasteiger partial charge in [0.25, 0.3) is 0 Å². The number of nitrogens with one attached hydrogen (secondary N) is 1. The number of hydrogen-bond donors (Lipinski definition) is 1. The zero-order chi connectivity index (χ0) is 18.5. The van der Waals surface area contributed by atoms with E-state index in [1.165, 1.54) is 17.8 Å². The molecule has 1 amide bonds. The highest BCUT2D eigenvalue weighted by Gasteiger charge is 2.08. The van der Waals surface area contributed by atoms with E-state index in [0.717, 1.165) is 22.9 Å². The van der Waals surface area contributed by atoms with Crippen LogP contribution < -0.4 is 10.9 Å². The minimum Gasteiger partial charge on any atom is -0.423 e. The van der Waals surface area contributed by atoms with Crippen LogP contribution in [-0.2, 0) is 17.0 Å². The van der Waals surface area contributed by atoms with Gasteiger partial charge >= 0.3 is 5.63 Å². The zero-order valence-corrected chi connectivity index (χ0v) is 15.8. The number of carbonyl (C=O) groups excluding carboxylic acids is 1. The van der Waals surface area contributed by atoms with E-state index < -0.39 is 0 Å². The quantitative estimate of drug-likeness (QED) is 0.612. The predicted molar refractivity (Wildman–Crippen MR) is 108 cm³/mol. The van der Waals surface area contributed by atoms with Gasteiger partial charge in [0.1, 0.15) is 5.58 Å². The van der Waals surface area contributed by atoms with Gasteiger partial charge in [-0.2, -0.15) is 0 Å². The lowest BCUT2D eigenvalue weighted by Crippen LogP contribution is -2.14. The number of thioether (sulfide) groups is 1. The highest BCUT2D eigenvalue weighted by Crippen LogP contribution is 2.23. The third kappa shape index (κ3) is 4.68. The van der Waals surface area contributed by atoms with Gasteiger partial charge in [-0.05, 0) is 47.9 Å². The van der Waals surface area contributed by atoms with Gasteiger partial charge in [0.2, 0.25) is 5.91 Å². The maximum absolute atomic E-state index is 12.1. The molecule has 0 fully saturated rings. The van der Waals surface area contributed by atoms with Gasteiger partial charge < -0.3 is 9.73 Å². The average molecular weight is 388 g/mol. The molecule has 3 rings (SSSR count). The first kappa shape index (κ1) is 18.5. The smallest absolute Gasteiger partial charge is 0.336 e. The second-order valence-corrected chi connectivity index (χ2v) is 7.24. The Morgan fingerprint density at radius 2 is 1.92 bits per heavy atom. The fraction of sp³-hybridized carbons (Fsp3) is 0.200. The van der Waals surface area contributed by atoms with E-state index in [1.807, 2.05) is 18.2 Å². The lowest BCUT2D eigenvalue weighted by atomic mass is 10.1. The van der Waals surface area contributed by atoms with Gasteiger partial charge in [-0.1, -0.05) is 30.7 Å². The highest BCUT2D eigenvalue weighted by molar-refractivity contribution is 7.99. The monoisotopic (exact) mass is 387 g/mol. The summed E-state index contributed by atoms with van der Waals surface area (Å²) in [7, 11) is 0. The maximum atomic E-state index is 12.1. The Balaban J connectivity index is 1.65. The Bertz CT molecular complexity index is 983. The first-order chi connectivity index (χ1) is 12.5. The summed E-state index contributed by atoms with van der Waals surface area (Å²) < 4.78 is 5.31. The van der Waals surface area contributed by atoms with Crippen LogP contribution in [0.25, 0.3) is 11.0 Å². The molecule has 2 aromatic carbocycles. The van der Waals surface area contributed by atoms with E-state index in [4.69, 9.17) is 16.0 Å². The summed E-state index contributed by atoms with van der Waals surface area (Å²) >= 11 is 7.28. The van der Waals surface area contributed by atoms with Crippen LogP contribution in [0.2, 0.25) is 5.02 Å². The van der Waals surface area contributed by atoms with Crippen molar-refractivity contribution in [3.05, 3.63) is 75.1 Å². The van der Waals surface area contributed by atoms with E-state index in [-0.39, 0.29) is 17.3 Å². The van der Waals surface area contributed by atoms with Crippen molar-refractivity contribution in [2.75, 3.05) is 11.1 Å². The summed E-state index contributed by atoms with van der Waals surface area (Å²) in [5.74, 6) is 0.747. The first-order valence-electron chi connectivity index (χ1n) is 8.24. The molecule has 3 aromatic rings. The summed E-state index contributed by atoms with van der Waals surface area (Å²) in [4.78, 5) is 23.9. The molecule has 0 unspecified atom stereocenters. The van der Waals surface area contributed by atoms with E-state index >= 15 is 0 Å². The summed E-state index contributed by atoms with van der Waals surface area (Å²) in [5, 5.41) is 4.35. The zero-order valence-electron chi connectivity index (χ0n) is 14.3. The second kappa shape index (κ2) is 8.43. The van der Waals surface area contributed by atoms with Crippen molar-refractivity contribution < 1.29 is 9.21 Å². The van der Waals surface area contributed by atoms with Crippen molar-refractivity contribution in [2.45, 2.75) is 19.1 Å². The van der Waals surface area contributed by atoms with Crippen molar-refractivity contribution >= 4 is 45.9 Å². The average Bonchev–Trinajstić information content (AvgIpc) is 2.63.